The van der Waals surface area contributed by atoms with E-state index in [9.17, 15) is 10.1 Å². The van der Waals surface area contributed by atoms with Crippen molar-refractivity contribution in [2.24, 2.45) is 0 Å². The molecule has 0 aromatic heterocycles. The molecule has 0 heterocycles. The molecule has 1 N–H and O–H groups in total. The number of carbonyl (C=O) groups is 1. The van der Waals surface area contributed by atoms with Crippen molar-refractivity contribution in [3.05, 3.63) is 59.2 Å². The number of nitriles is 1. The molecule has 0 radical (unpaired) electrons. The second-order valence-corrected chi connectivity index (χ2v) is 5.05. The predicted octanol–water partition coefficient (Wildman–Crippen LogP) is 3.56. The first-order chi connectivity index (χ1) is 11.6. The number of nitrogens with one attached hydrogen (secondary N) is 1. The maximum Gasteiger partial charge on any atom is 0.266 e. The van der Waals surface area contributed by atoms with Gasteiger partial charge in [0.2, 0.25) is 0 Å². The Hall–Kier alpha value is -3.26. The van der Waals surface area contributed by atoms with Crippen molar-refractivity contribution < 1.29 is 14.3 Å². The van der Waals surface area contributed by atoms with E-state index in [0.717, 1.165) is 5.56 Å². The quantitative estimate of drug-likeness (QED) is 0.675. The molecule has 5 nitrogen and oxygen atoms in total. The van der Waals surface area contributed by atoms with Crippen LogP contribution in [0.2, 0.25) is 0 Å². The van der Waals surface area contributed by atoms with Gasteiger partial charge in [-0.15, -0.1) is 0 Å². The summed E-state index contributed by atoms with van der Waals surface area (Å²) in [4.78, 5) is 12.4. The fraction of sp³-hybridized carbons (Fsp3) is 0.158. The van der Waals surface area contributed by atoms with Crippen LogP contribution in [0.25, 0.3) is 6.08 Å². The third-order valence-corrected chi connectivity index (χ3v) is 3.50. The minimum Gasteiger partial charge on any atom is -0.497 e. The lowest BCUT2D eigenvalue weighted by Crippen LogP contribution is -2.14. The Morgan fingerprint density at radius 1 is 1.17 bits per heavy atom. The molecule has 0 saturated carbocycles. The van der Waals surface area contributed by atoms with Crippen LogP contribution >= 0.6 is 0 Å². The van der Waals surface area contributed by atoms with E-state index in [1.165, 1.54) is 13.2 Å². The number of para-hydroxylation sites is 1. The number of hydrogen-bond donors (Lipinski definition) is 1. The molecule has 2 aromatic rings. The van der Waals surface area contributed by atoms with Gasteiger partial charge in [-0.3, -0.25) is 4.79 Å². The van der Waals surface area contributed by atoms with Gasteiger partial charge in [-0.2, -0.15) is 5.26 Å². The van der Waals surface area contributed by atoms with E-state index < -0.39 is 5.91 Å². The van der Waals surface area contributed by atoms with Crippen LogP contribution in [-0.2, 0) is 4.79 Å². The van der Waals surface area contributed by atoms with E-state index in [-0.39, 0.29) is 5.57 Å². The number of aryl methyl sites for hydroxylation is 1. The van der Waals surface area contributed by atoms with Crippen LogP contribution in [0.4, 0.5) is 5.69 Å². The number of nitrogens with zero attached hydrogens (tertiary/aromatic N) is 1. The number of hydrogen-bond acceptors (Lipinski definition) is 4. The van der Waals surface area contributed by atoms with Crippen molar-refractivity contribution in [1.29, 1.82) is 5.26 Å². The fourth-order valence-electron chi connectivity index (χ4n) is 2.14. The monoisotopic (exact) mass is 322 g/mol. The first kappa shape index (κ1) is 17.1. The van der Waals surface area contributed by atoms with Crippen molar-refractivity contribution in [2.45, 2.75) is 6.92 Å². The zero-order chi connectivity index (χ0) is 17.5. The molecule has 24 heavy (non-hydrogen) atoms. The Labute approximate surface area is 141 Å². The third kappa shape index (κ3) is 3.93. The molecule has 0 unspecified atom stereocenters. The molecule has 0 aliphatic carbocycles. The van der Waals surface area contributed by atoms with Gasteiger partial charge < -0.3 is 14.8 Å². The second-order valence-electron chi connectivity index (χ2n) is 5.05. The molecular weight excluding hydrogens is 304 g/mol. The molecule has 0 saturated heterocycles. The third-order valence-electron chi connectivity index (χ3n) is 3.50. The van der Waals surface area contributed by atoms with E-state index in [0.29, 0.717) is 22.7 Å². The smallest absolute Gasteiger partial charge is 0.266 e. The number of rotatable bonds is 5. The molecular formula is C19H18N2O3. The first-order valence-corrected chi connectivity index (χ1v) is 7.30. The lowest BCUT2D eigenvalue weighted by Gasteiger charge is -2.09. The largest absolute Gasteiger partial charge is 0.497 e. The van der Waals surface area contributed by atoms with Gasteiger partial charge in [0.05, 0.1) is 14.2 Å². The maximum atomic E-state index is 12.4. The second kappa shape index (κ2) is 7.84. The molecule has 0 fully saturated rings. The zero-order valence-corrected chi connectivity index (χ0v) is 13.8. The SMILES string of the molecule is COc1ccc(/C=C(\C#N)C(=O)Nc2ccccc2C)c(OC)c1. The van der Waals surface area contributed by atoms with Crippen molar-refractivity contribution in [3.8, 4) is 17.6 Å². The minimum absolute atomic E-state index is 0.0123. The Balaban J connectivity index is 2.31. The van der Waals surface area contributed by atoms with Gasteiger partial charge in [-0.05, 0) is 36.8 Å². The normalized spacial score (nSPS) is 10.7. The van der Waals surface area contributed by atoms with Crippen molar-refractivity contribution in [3.63, 3.8) is 0 Å². The number of ether oxygens (including phenoxy) is 2. The molecule has 122 valence electrons. The number of amides is 1. The first-order valence-electron chi connectivity index (χ1n) is 7.30. The summed E-state index contributed by atoms with van der Waals surface area (Å²) in [5.74, 6) is 0.683. The van der Waals surface area contributed by atoms with E-state index in [1.807, 2.05) is 31.2 Å². The van der Waals surface area contributed by atoms with E-state index >= 15 is 0 Å². The van der Waals surface area contributed by atoms with Crippen LogP contribution in [0, 0.1) is 18.3 Å². The van der Waals surface area contributed by atoms with Gasteiger partial charge in [-0.1, -0.05) is 18.2 Å². The summed E-state index contributed by atoms with van der Waals surface area (Å²) in [5.41, 5.74) is 2.20. The summed E-state index contributed by atoms with van der Waals surface area (Å²) in [5, 5.41) is 12.1. The van der Waals surface area contributed by atoms with Gasteiger partial charge in [-0.25, -0.2) is 0 Å². The standard InChI is InChI=1S/C19H18N2O3/c1-13-6-4-5-7-17(13)21-19(22)15(12-20)10-14-8-9-16(23-2)11-18(14)24-3/h4-11H,1-3H3,(H,21,22)/b15-10+. The Kier molecular flexibility index (Phi) is 5.58. The Morgan fingerprint density at radius 3 is 2.54 bits per heavy atom. The molecule has 2 rings (SSSR count). The average Bonchev–Trinajstić information content (AvgIpc) is 2.61. The van der Waals surface area contributed by atoms with Gasteiger partial charge in [0.25, 0.3) is 5.91 Å². The van der Waals surface area contributed by atoms with E-state index in [2.05, 4.69) is 5.32 Å². The van der Waals surface area contributed by atoms with Crippen LogP contribution in [0.3, 0.4) is 0 Å². The molecule has 2 aromatic carbocycles. The van der Waals surface area contributed by atoms with Crippen LogP contribution in [-0.4, -0.2) is 20.1 Å². The lowest BCUT2D eigenvalue weighted by molar-refractivity contribution is -0.112. The molecule has 0 spiro atoms. The summed E-state index contributed by atoms with van der Waals surface area (Å²) in [6.45, 7) is 1.89. The topological polar surface area (TPSA) is 71.3 Å². The minimum atomic E-state index is -0.468. The van der Waals surface area contributed by atoms with Crippen molar-refractivity contribution in [1.82, 2.24) is 0 Å². The summed E-state index contributed by atoms with van der Waals surface area (Å²) < 4.78 is 10.4. The summed E-state index contributed by atoms with van der Waals surface area (Å²) in [6.07, 6.45) is 1.49. The van der Waals surface area contributed by atoms with Crippen LogP contribution < -0.4 is 14.8 Å². The van der Waals surface area contributed by atoms with Crippen LogP contribution in [0.5, 0.6) is 11.5 Å². The Morgan fingerprint density at radius 2 is 1.92 bits per heavy atom. The Bertz CT molecular complexity index is 820. The van der Waals surface area contributed by atoms with Gasteiger partial charge in [0.15, 0.2) is 0 Å². The highest BCUT2D eigenvalue weighted by Crippen LogP contribution is 2.26. The predicted molar refractivity (Wildman–Crippen MR) is 92.9 cm³/mol. The summed E-state index contributed by atoms with van der Waals surface area (Å²) in [6, 6.07) is 14.5. The highest BCUT2D eigenvalue weighted by atomic mass is 16.5. The fourth-order valence-corrected chi connectivity index (χ4v) is 2.14. The van der Waals surface area contributed by atoms with Crippen molar-refractivity contribution in [2.75, 3.05) is 19.5 Å². The zero-order valence-electron chi connectivity index (χ0n) is 13.8. The lowest BCUT2D eigenvalue weighted by atomic mass is 10.1. The maximum absolute atomic E-state index is 12.4. The molecule has 1 amide bonds. The number of methoxy groups -OCH3 is 2. The molecule has 0 aliphatic rings. The van der Waals surface area contributed by atoms with Crippen LogP contribution in [0.1, 0.15) is 11.1 Å². The number of benzene rings is 2. The highest BCUT2D eigenvalue weighted by Gasteiger charge is 2.12. The van der Waals surface area contributed by atoms with Gasteiger partial charge in [0.1, 0.15) is 23.1 Å². The van der Waals surface area contributed by atoms with Gasteiger partial charge in [0, 0.05) is 17.3 Å². The number of carbonyl (C=O) groups excluding carboxylic acids is 1. The highest BCUT2D eigenvalue weighted by molar-refractivity contribution is 6.10. The summed E-state index contributed by atoms with van der Waals surface area (Å²) in [7, 11) is 3.08. The van der Waals surface area contributed by atoms with Crippen LogP contribution in [0.15, 0.2) is 48.0 Å². The molecule has 5 heteroatoms. The van der Waals surface area contributed by atoms with E-state index in [1.54, 1.807) is 31.4 Å². The molecule has 0 aliphatic heterocycles. The van der Waals surface area contributed by atoms with E-state index in [4.69, 9.17) is 9.47 Å². The molecule has 0 bridgehead atoms. The van der Waals surface area contributed by atoms with Crippen molar-refractivity contribution >= 4 is 17.7 Å². The van der Waals surface area contributed by atoms with Gasteiger partial charge >= 0.3 is 0 Å². The average molecular weight is 322 g/mol. The molecule has 0 atom stereocenters. The summed E-state index contributed by atoms with van der Waals surface area (Å²) >= 11 is 0. The number of anilines is 1.